The van der Waals surface area contributed by atoms with Gasteiger partial charge in [0.2, 0.25) is 0 Å². The minimum atomic E-state index is -0.458. The Morgan fingerprint density at radius 2 is 1.42 bits per heavy atom. The summed E-state index contributed by atoms with van der Waals surface area (Å²) in [4.78, 5) is -0.278. The summed E-state index contributed by atoms with van der Waals surface area (Å²) >= 11 is 7.39. The van der Waals surface area contributed by atoms with E-state index in [1.54, 1.807) is 0 Å². The second kappa shape index (κ2) is 16.1. The van der Waals surface area contributed by atoms with E-state index in [-0.39, 0.29) is 124 Å². The first-order chi connectivity index (χ1) is 13.5. The first-order valence-electron chi connectivity index (χ1n) is 9.92. The van der Waals surface area contributed by atoms with Crippen molar-refractivity contribution >= 4 is 59.9 Å². The normalized spacial score (nSPS) is 40.1. The van der Waals surface area contributed by atoms with Crippen LogP contribution in [0.2, 0.25) is 0 Å². The molecule has 0 amide bonds. The van der Waals surface area contributed by atoms with E-state index in [4.69, 9.17) is 19.7 Å². The van der Waals surface area contributed by atoms with Crippen molar-refractivity contribution in [2.75, 3.05) is 13.2 Å². The van der Waals surface area contributed by atoms with Gasteiger partial charge in [-0.1, -0.05) is 27.0 Å². The molecule has 7 atom stereocenters. The van der Waals surface area contributed by atoms with Gasteiger partial charge in [0, 0.05) is 88.1 Å². The van der Waals surface area contributed by atoms with E-state index in [0.29, 0.717) is 11.8 Å². The molecular weight excluding hydrogens is 1210 g/mol. The maximum absolute atomic E-state index is 9.68. The van der Waals surface area contributed by atoms with Gasteiger partial charge in [0.05, 0.1) is 19.3 Å². The van der Waals surface area contributed by atoms with Crippen LogP contribution in [0, 0.1) is 100.0 Å². The van der Waals surface area contributed by atoms with Crippen molar-refractivity contribution in [2.24, 2.45) is 11.8 Å². The molecule has 0 bridgehead atoms. The van der Waals surface area contributed by atoms with Crippen molar-refractivity contribution in [3.05, 3.63) is 24.3 Å². The van der Waals surface area contributed by atoms with Gasteiger partial charge in [0.25, 0.3) is 0 Å². The SMILES string of the molecule is C=C1C(O)C[C@@H](C)CC12OC2CO.C=C1CC[C@@H](C)CC12OC2CO.[Ac].[Ac].[I][V]([I])[I]. The maximum atomic E-state index is 9.68. The van der Waals surface area contributed by atoms with Crippen LogP contribution in [0.5, 0.6) is 0 Å². The van der Waals surface area contributed by atoms with Crippen molar-refractivity contribution in [3.8, 4) is 0 Å². The number of epoxide rings is 2. The summed E-state index contributed by atoms with van der Waals surface area (Å²) in [7, 11) is 0. The number of halogens is 3. The monoisotopic (exact) mass is 1240 g/mol. The molecule has 0 aromatic carbocycles. The standard InChI is InChI=1S/C10H16O3.C10H16O2.2Ac.3HI.V/c1-6-3-8(12)7(2)10(4-6)9(5-11)13-10;1-7-3-4-8(2)10(5-7)9(6-11)12-10;;;;;;/h6,8-9,11-12H,2-5H2,1H3;7,9,11H,2-6H2,1H3;;;3*1H;/q;;;;;;;+3/p-3/t6-,8?,9?,10?;7-,9?,10?;;;;;;/m11....../s1. The van der Waals surface area contributed by atoms with Crippen molar-refractivity contribution in [1.82, 2.24) is 0 Å². The van der Waals surface area contributed by atoms with Crippen LogP contribution >= 0.6 is 59.9 Å². The van der Waals surface area contributed by atoms with E-state index in [1.807, 2.05) is 0 Å². The second-order valence-electron chi connectivity index (χ2n) is 8.59. The number of hydrogen-bond acceptors (Lipinski definition) is 5. The molecule has 4 aliphatic rings. The van der Waals surface area contributed by atoms with Crippen LogP contribution in [-0.2, 0) is 14.4 Å². The summed E-state index contributed by atoms with van der Waals surface area (Å²) in [5.74, 6) is 1.16. The van der Waals surface area contributed by atoms with E-state index in [2.05, 4.69) is 86.9 Å². The second-order valence-corrected chi connectivity index (χ2v) is 44.0. The van der Waals surface area contributed by atoms with Crippen molar-refractivity contribution in [2.45, 2.75) is 75.5 Å². The summed E-state index contributed by atoms with van der Waals surface area (Å²) in [6.45, 7) is 12.4. The van der Waals surface area contributed by atoms with Gasteiger partial charge in [0.15, 0.2) is 0 Å². The molecule has 5 unspecified atom stereocenters. The third kappa shape index (κ3) is 9.88. The molecule has 4 fully saturated rings. The van der Waals surface area contributed by atoms with Crippen LogP contribution in [0.15, 0.2) is 24.3 Å². The molecule has 3 N–H and O–H groups in total. The molecule has 2 aliphatic carbocycles. The number of rotatable bonds is 2. The molecule has 4 rings (SSSR count). The summed E-state index contributed by atoms with van der Waals surface area (Å²) in [6, 6.07) is 0. The molecule has 2 spiro atoms. The topological polar surface area (TPSA) is 85.8 Å². The summed E-state index contributed by atoms with van der Waals surface area (Å²) in [6.07, 6.45) is 4.46. The molecule has 0 aromatic heterocycles. The first kappa shape index (κ1) is 35.9. The van der Waals surface area contributed by atoms with Crippen LogP contribution < -0.4 is 0 Å². The van der Waals surface area contributed by atoms with E-state index >= 15 is 0 Å². The van der Waals surface area contributed by atoms with Gasteiger partial charge >= 0.3 is 64.9 Å². The predicted octanol–water partition coefficient (Wildman–Crippen LogP) is 4.61. The zero-order valence-electron chi connectivity index (χ0n) is 18.1. The molecule has 2 saturated carbocycles. The third-order valence-electron chi connectivity index (χ3n) is 6.37. The molecule has 2 saturated heterocycles. The molecule has 0 aromatic rings. The van der Waals surface area contributed by atoms with Gasteiger partial charge in [-0.3, -0.25) is 0 Å². The first-order valence-corrected chi connectivity index (χ1v) is 23.4. The number of aliphatic hydroxyl groups excluding tert-OH is 3. The van der Waals surface area contributed by atoms with Crippen LogP contribution in [0.3, 0.4) is 0 Å². The van der Waals surface area contributed by atoms with Gasteiger partial charge in [0.1, 0.15) is 23.4 Å². The Balaban J connectivity index is 0.000000472. The number of aliphatic hydroxyl groups is 3. The average Bonchev–Trinajstić information content (AvgIpc) is 3.52. The van der Waals surface area contributed by atoms with E-state index in [1.165, 1.54) is 12.0 Å². The molecule has 2 heterocycles. The van der Waals surface area contributed by atoms with Crippen LogP contribution in [-0.4, -0.2) is 58.0 Å². The Hall–Kier alpha value is 4.94. The Morgan fingerprint density at radius 1 is 0.968 bits per heavy atom. The Morgan fingerprint density at radius 3 is 1.87 bits per heavy atom. The van der Waals surface area contributed by atoms with Crippen molar-refractivity contribution < 1.29 is 118 Å². The Labute approximate surface area is 296 Å². The minimum absolute atomic E-state index is 0. The van der Waals surface area contributed by atoms with Crippen molar-refractivity contribution in [3.63, 3.8) is 0 Å². The zero-order valence-corrected chi connectivity index (χ0v) is 35.5. The summed E-state index contributed by atoms with van der Waals surface area (Å²) < 4.78 is 11.0. The Kier molecular flexibility index (Phi) is 18.7. The fraction of sp³-hybridized carbons (Fsp3) is 0.800. The molecule has 2 radical (unpaired) electrons. The molecule has 31 heavy (non-hydrogen) atoms. The fourth-order valence-electron chi connectivity index (χ4n) is 4.70. The predicted molar refractivity (Wildman–Crippen MR) is 137 cm³/mol. The molecule has 5 nitrogen and oxygen atoms in total. The van der Waals surface area contributed by atoms with E-state index in [0.717, 1.165) is 31.3 Å². The zero-order chi connectivity index (χ0) is 22.0. The van der Waals surface area contributed by atoms with Crippen LogP contribution in [0.4, 0.5) is 0 Å². The molecule has 2 aliphatic heterocycles. The van der Waals surface area contributed by atoms with Gasteiger partial charge in [-0.15, -0.1) is 0 Å². The van der Waals surface area contributed by atoms with Crippen LogP contribution in [0.1, 0.15) is 46.0 Å². The third-order valence-corrected chi connectivity index (χ3v) is 6.37. The fourth-order valence-corrected chi connectivity index (χ4v) is 4.70. The molecular formula is C20H32Ac2I3O5V. The van der Waals surface area contributed by atoms with Crippen LogP contribution in [0.25, 0.3) is 0 Å². The Bertz CT molecular complexity index is 615. The number of ether oxygens (including phenoxy) is 2. The average molecular weight is 1240 g/mol. The van der Waals surface area contributed by atoms with E-state index < -0.39 is 11.7 Å². The summed E-state index contributed by atoms with van der Waals surface area (Å²) in [5.41, 5.74) is 1.43. The van der Waals surface area contributed by atoms with Gasteiger partial charge in [-0.05, 0) is 55.1 Å². The number of hydrogen-bond donors (Lipinski definition) is 3. The molecule has 174 valence electrons. The van der Waals surface area contributed by atoms with Crippen molar-refractivity contribution in [1.29, 1.82) is 0 Å². The summed E-state index contributed by atoms with van der Waals surface area (Å²) in [5, 5.41) is 27.6. The van der Waals surface area contributed by atoms with Gasteiger partial charge < -0.3 is 24.8 Å². The quantitative estimate of drug-likeness (QED) is 0.214. The van der Waals surface area contributed by atoms with E-state index in [9.17, 15) is 5.11 Å². The molecule has 11 heteroatoms. The van der Waals surface area contributed by atoms with Gasteiger partial charge in [-0.2, -0.15) is 0 Å². The van der Waals surface area contributed by atoms with Gasteiger partial charge in [-0.25, -0.2) is 0 Å².